The van der Waals surface area contributed by atoms with Crippen LogP contribution in [-0.4, -0.2) is 17.4 Å². The Morgan fingerprint density at radius 3 is 2.46 bits per heavy atom. The van der Waals surface area contributed by atoms with Crippen LogP contribution in [0.15, 0.2) is 53.9 Å². The lowest BCUT2D eigenvalue weighted by molar-refractivity contribution is -0.683. The van der Waals surface area contributed by atoms with Crippen molar-refractivity contribution in [2.24, 2.45) is 5.10 Å². The van der Waals surface area contributed by atoms with Gasteiger partial charge in [0.2, 0.25) is 18.2 Å². The molecule has 0 radical (unpaired) electrons. The number of carbonyl (C=O) groups excluding carboxylic acids is 2. The maximum absolute atomic E-state index is 12.3. The molecule has 2 aromatic rings. The van der Waals surface area contributed by atoms with Crippen molar-refractivity contribution in [3.05, 3.63) is 65.5 Å². The number of hydrazone groups is 1. The van der Waals surface area contributed by atoms with Crippen molar-refractivity contribution in [2.45, 2.75) is 19.4 Å². The smallest absolute Gasteiger partial charge is 0.240 e. The topological polar surface area (TPSA) is 86.2 Å². The highest BCUT2D eigenvalue weighted by atomic mass is 16.2. The zero-order valence-corrected chi connectivity index (χ0v) is 12.9. The predicted molar refractivity (Wildman–Crippen MR) is 86.0 cm³/mol. The maximum Gasteiger partial charge on any atom is 0.240 e. The van der Waals surface area contributed by atoms with Crippen LogP contribution in [-0.2, 0) is 11.3 Å². The van der Waals surface area contributed by atoms with Gasteiger partial charge in [0.25, 0.3) is 0 Å². The number of benzene rings is 1. The summed E-state index contributed by atoms with van der Waals surface area (Å²) in [6.45, 7) is 0.218. The van der Waals surface area contributed by atoms with E-state index < -0.39 is 0 Å². The molecule has 0 bridgehead atoms. The molecule has 0 saturated carbocycles. The first-order valence-electron chi connectivity index (χ1n) is 7.54. The van der Waals surface area contributed by atoms with E-state index in [-0.39, 0.29) is 18.2 Å². The van der Waals surface area contributed by atoms with E-state index >= 15 is 0 Å². The van der Waals surface area contributed by atoms with Crippen LogP contribution in [0.4, 0.5) is 0 Å². The van der Waals surface area contributed by atoms with E-state index in [1.807, 2.05) is 30.6 Å². The first-order valence-corrected chi connectivity index (χ1v) is 7.54. The summed E-state index contributed by atoms with van der Waals surface area (Å²) in [6, 6.07) is 12.4. The summed E-state index contributed by atoms with van der Waals surface area (Å²) in [6.07, 6.45) is 4.68. The number of hydrogen-bond acceptors (Lipinski definition) is 4. The largest absolute Gasteiger partial charge is 0.287 e. The van der Waals surface area contributed by atoms with Crippen LogP contribution in [0.1, 0.15) is 34.3 Å². The van der Waals surface area contributed by atoms with Crippen LogP contribution < -0.4 is 9.99 Å². The van der Waals surface area contributed by atoms with Crippen LogP contribution in [0.25, 0.3) is 0 Å². The third-order valence-electron chi connectivity index (χ3n) is 3.79. The van der Waals surface area contributed by atoms with Gasteiger partial charge >= 0.3 is 0 Å². The van der Waals surface area contributed by atoms with Crippen molar-refractivity contribution in [1.29, 1.82) is 5.26 Å². The molecule has 3 rings (SSSR count). The molecular formula is C18H15N4O2+. The zero-order chi connectivity index (χ0) is 16.9. The van der Waals surface area contributed by atoms with Crippen molar-refractivity contribution >= 4 is 17.4 Å². The first-order chi connectivity index (χ1) is 11.7. The van der Waals surface area contributed by atoms with Gasteiger partial charge in [-0.1, -0.05) is 0 Å². The summed E-state index contributed by atoms with van der Waals surface area (Å²) in [5.74, 6) is -0.0998. The Morgan fingerprint density at radius 2 is 1.88 bits per heavy atom. The average Bonchev–Trinajstić information content (AvgIpc) is 2.63. The normalized spacial score (nSPS) is 13.6. The molecule has 24 heavy (non-hydrogen) atoms. The lowest BCUT2D eigenvalue weighted by Gasteiger charge is -2.11. The number of pyridine rings is 1. The molecule has 1 aromatic heterocycles. The number of carbonyl (C=O) groups is 2. The number of ketones is 1. The van der Waals surface area contributed by atoms with E-state index in [0.29, 0.717) is 24.0 Å². The number of Topliss-reactive ketones (excluding diaryl/α,β-unsaturated/α-hetero) is 1. The molecule has 118 valence electrons. The Morgan fingerprint density at radius 1 is 1.17 bits per heavy atom. The summed E-state index contributed by atoms with van der Waals surface area (Å²) in [5, 5.41) is 12.8. The Labute approximate surface area is 139 Å². The number of nitriles is 1. The van der Waals surface area contributed by atoms with Gasteiger partial charge in [-0.3, -0.25) is 9.59 Å². The highest BCUT2D eigenvalue weighted by molar-refractivity contribution is 6.04. The molecule has 0 unspecified atom stereocenters. The fourth-order valence-electron chi connectivity index (χ4n) is 2.43. The Hall–Kier alpha value is -3.33. The summed E-state index contributed by atoms with van der Waals surface area (Å²) in [7, 11) is 0. The van der Waals surface area contributed by atoms with E-state index in [0.717, 1.165) is 11.3 Å². The van der Waals surface area contributed by atoms with Gasteiger partial charge in [0.05, 0.1) is 17.3 Å². The third-order valence-corrected chi connectivity index (χ3v) is 3.79. The lowest BCUT2D eigenvalue weighted by Crippen LogP contribution is -2.37. The number of hydrogen-bond donors (Lipinski definition) is 1. The van der Waals surface area contributed by atoms with E-state index in [9.17, 15) is 9.59 Å². The maximum atomic E-state index is 12.3. The molecule has 0 atom stereocenters. The summed E-state index contributed by atoms with van der Waals surface area (Å²) >= 11 is 0. The van der Waals surface area contributed by atoms with Crippen molar-refractivity contribution in [3.8, 4) is 6.07 Å². The SMILES string of the molecule is N#Cc1ccc(C(=O)C[n+]2ccc(C3=NNC(=O)CC3)cc2)cc1. The molecule has 0 aliphatic carbocycles. The van der Waals surface area contributed by atoms with Gasteiger partial charge in [-0.15, -0.1) is 0 Å². The van der Waals surface area contributed by atoms with Crippen molar-refractivity contribution in [1.82, 2.24) is 5.43 Å². The van der Waals surface area contributed by atoms with Crippen LogP contribution in [0.3, 0.4) is 0 Å². The predicted octanol–water partition coefficient (Wildman–Crippen LogP) is 1.34. The third kappa shape index (κ3) is 3.52. The van der Waals surface area contributed by atoms with Gasteiger partial charge < -0.3 is 0 Å². The first kappa shape index (κ1) is 15.6. The summed E-state index contributed by atoms with van der Waals surface area (Å²) < 4.78 is 1.78. The quantitative estimate of drug-likeness (QED) is 0.681. The fraction of sp³-hybridized carbons (Fsp3) is 0.167. The van der Waals surface area contributed by atoms with Gasteiger partial charge in [-0.05, 0) is 24.3 Å². The van der Waals surface area contributed by atoms with Gasteiger partial charge in [0, 0.05) is 36.1 Å². The van der Waals surface area contributed by atoms with Gasteiger partial charge in [0.1, 0.15) is 0 Å². The standard InChI is InChI=1S/C18H14N4O2/c19-11-13-1-3-15(4-2-13)17(23)12-22-9-7-14(8-10-22)16-5-6-18(24)21-20-16/h1-4,7-10H,5-6,12H2/p+1. The van der Waals surface area contributed by atoms with E-state index in [2.05, 4.69) is 10.5 Å². The number of aromatic nitrogens is 1. The van der Waals surface area contributed by atoms with Crippen molar-refractivity contribution < 1.29 is 14.2 Å². The van der Waals surface area contributed by atoms with Gasteiger partial charge in [-0.25, -0.2) is 5.43 Å². The summed E-state index contributed by atoms with van der Waals surface area (Å²) in [4.78, 5) is 23.4. The van der Waals surface area contributed by atoms with E-state index in [4.69, 9.17) is 5.26 Å². The Balaban J connectivity index is 1.68. The number of amides is 1. The van der Waals surface area contributed by atoms with Crippen LogP contribution in [0.2, 0.25) is 0 Å². The lowest BCUT2D eigenvalue weighted by atomic mass is 10.1. The monoisotopic (exact) mass is 319 g/mol. The number of nitrogens with one attached hydrogen (secondary N) is 1. The van der Waals surface area contributed by atoms with Gasteiger partial charge in [-0.2, -0.15) is 14.9 Å². The molecule has 1 N–H and O–H groups in total. The minimum absolute atomic E-state index is 0.0282. The fourth-order valence-corrected chi connectivity index (χ4v) is 2.43. The summed E-state index contributed by atoms with van der Waals surface area (Å²) in [5.41, 5.74) is 5.34. The molecule has 6 heteroatoms. The number of nitrogens with zero attached hydrogens (tertiary/aromatic N) is 3. The second-order valence-electron chi connectivity index (χ2n) is 5.46. The molecule has 0 saturated heterocycles. The molecule has 6 nitrogen and oxygen atoms in total. The molecule has 1 amide bonds. The molecule has 1 aliphatic rings. The van der Waals surface area contributed by atoms with E-state index in [1.54, 1.807) is 28.8 Å². The number of rotatable bonds is 4. The molecular weight excluding hydrogens is 304 g/mol. The highest BCUT2D eigenvalue weighted by Gasteiger charge is 2.16. The zero-order valence-electron chi connectivity index (χ0n) is 12.9. The Kier molecular flexibility index (Phi) is 4.43. The van der Waals surface area contributed by atoms with Crippen molar-refractivity contribution in [2.75, 3.05) is 0 Å². The second-order valence-corrected chi connectivity index (χ2v) is 5.46. The average molecular weight is 319 g/mol. The van der Waals surface area contributed by atoms with Crippen molar-refractivity contribution in [3.63, 3.8) is 0 Å². The van der Waals surface area contributed by atoms with Gasteiger partial charge in [0.15, 0.2) is 12.4 Å². The molecule has 1 aliphatic heterocycles. The minimum atomic E-state index is -0.0715. The molecule has 1 aromatic carbocycles. The van der Waals surface area contributed by atoms with Crippen LogP contribution >= 0.6 is 0 Å². The highest BCUT2D eigenvalue weighted by Crippen LogP contribution is 2.09. The van der Waals surface area contributed by atoms with Crippen LogP contribution in [0.5, 0.6) is 0 Å². The second kappa shape index (κ2) is 6.84. The van der Waals surface area contributed by atoms with E-state index in [1.165, 1.54) is 0 Å². The molecule has 0 spiro atoms. The Bertz CT molecular complexity index is 846. The van der Waals surface area contributed by atoms with Crippen LogP contribution in [0, 0.1) is 11.3 Å². The molecule has 2 heterocycles. The molecule has 0 fully saturated rings. The minimum Gasteiger partial charge on any atom is -0.287 e.